The number of ether oxygens (including phenoxy) is 1. The van der Waals surface area contributed by atoms with Gasteiger partial charge in [-0.05, 0) is 48.9 Å². The SMILES string of the molecule is CC(Oc1ccc(F)cc1)C(N)c1ccc(F)cc1. The molecule has 0 saturated carbocycles. The Labute approximate surface area is 110 Å². The molecule has 0 saturated heterocycles. The summed E-state index contributed by atoms with van der Waals surface area (Å²) in [4.78, 5) is 0. The van der Waals surface area contributed by atoms with Crippen molar-refractivity contribution in [1.82, 2.24) is 0 Å². The van der Waals surface area contributed by atoms with Gasteiger partial charge in [0.2, 0.25) is 0 Å². The van der Waals surface area contributed by atoms with Gasteiger partial charge in [0.05, 0.1) is 6.04 Å². The summed E-state index contributed by atoms with van der Waals surface area (Å²) in [5.41, 5.74) is 6.83. The molecule has 2 atom stereocenters. The van der Waals surface area contributed by atoms with Crippen molar-refractivity contribution < 1.29 is 13.5 Å². The van der Waals surface area contributed by atoms with Gasteiger partial charge in [0.25, 0.3) is 0 Å². The molecule has 0 spiro atoms. The molecule has 2 unspecified atom stereocenters. The predicted octanol–water partition coefficient (Wildman–Crippen LogP) is 3.43. The Balaban J connectivity index is 2.04. The van der Waals surface area contributed by atoms with Gasteiger partial charge in [0, 0.05) is 0 Å². The Morgan fingerprint density at radius 2 is 1.37 bits per heavy atom. The van der Waals surface area contributed by atoms with Crippen LogP contribution in [0, 0.1) is 11.6 Å². The summed E-state index contributed by atoms with van der Waals surface area (Å²) in [7, 11) is 0. The van der Waals surface area contributed by atoms with E-state index in [-0.39, 0.29) is 23.8 Å². The molecule has 0 aliphatic carbocycles. The quantitative estimate of drug-likeness (QED) is 0.917. The van der Waals surface area contributed by atoms with Crippen molar-refractivity contribution in [2.45, 2.75) is 19.1 Å². The fraction of sp³-hybridized carbons (Fsp3) is 0.200. The Kier molecular flexibility index (Phi) is 4.12. The molecule has 2 aromatic carbocycles. The van der Waals surface area contributed by atoms with Crippen molar-refractivity contribution in [2.24, 2.45) is 5.73 Å². The normalized spacial score (nSPS) is 13.9. The van der Waals surface area contributed by atoms with Gasteiger partial charge < -0.3 is 10.5 Å². The van der Waals surface area contributed by atoms with Crippen LogP contribution in [-0.2, 0) is 0 Å². The summed E-state index contributed by atoms with van der Waals surface area (Å²) in [6, 6.07) is 11.3. The van der Waals surface area contributed by atoms with Crippen molar-refractivity contribution in [3.8, 4) is 5.75 Å². The fourth-order valence-electron chi connectivity index (χ4n) is 1.76. The number of hydrogen-bond acceptors (Lipinski definition) is 2. The second kappa shape index (κ2) is 5.80. The maximum atomic E-state index is 12.8. The van der Waals surface area contributed by atoms with E-state index < -0.39 is 0 Å². The molecule has 0 aliphatic heterocycles. The summed E-state index contributed by atoms with van der Waals surface area (Å²) >= 11 is 0. The van der Waals surface area contributed by atoms with Crippen LogP contribution < -0.4 is 10.5 Å². The Morgan fingerprint density at radius 3 is 1.89 bits per heavy atom. The number of nitrogens with two attached hydrogens (primary N) is 1. The highest BCUT2D eigenvalue weighted by Gasteiger charge is 2.16. The van der Waals surface area contributed by atoms with Crippen LogP contribution in [0.4, 0.5) is 8.78 Å². The van der Waals surface area contributed by atoms with Crippen molar-refractivity contribution in [3.63, 3.8) is 0 Å². The van der Waals surface area contributed by atoms with E-state index in [0.717, 1.165) is 5.56 Å². The van der Waals surface area contributed by atoms with Gasteiger partial charge in [-0.25, -0.2) is 8.78 Å². The molecule has 2 rings (SSSR count). The van der Waals surface area contributed by atoms with Crippen LogP contribution >= 0.6 is 0 Å². The largest absolute Gasteiger partial charge is 0.489 e. The third-order valence-electron chi connectivity index (χ3n) is 2.90. The van der Waals surface area contributed by atoms with Crippen LogP contribution in [0.2, 0.25) is 0 Å². The Hall–Kier alpha value is -1.94. The van der Waals surface area contributed by atoms with Gasteiger partial charge in [-0.2, -0.15) is 0 Å². The molecular formula is C15H15F2NO. The molecule has 4 heteroatoms. The van der Waals surface area contributed by atoms with Crippen LogP contribution in [-0.4, -0.2) is 6.10 Å². The topological polar surface area (TPSA) is 35.2 Å². The van der Waals surface area contributed by atoms with Gasteiger partial charge in [-0.15, -0.1) is 0 Å². The maximum Gasteiger partial charge on any atom is 0.123 e. The molecule has 2 nitrogen and oxygen atoms in total. The summed E-state index contributed by atoms with van der Waals surface area (Å²) < 4.78 is 31.2. The third-order valence-corrected chi connectivity index (χ3v) is 2.90. The zero-order valence-electron chi connectivity index (χ0n) is 10.5. The minimum absolute atomic E-state index is 0.303. The Bertz CT molecular complexity index is 525. The fourth-order valence-corrected chi connectivity index (χ4v) is 1.76. The maximum absolute atomic E-state index is 12.8. The van der Waals surface area contributed by atoms with E-state index in [4.69, 9.17) is 10.5 Å². The summed E-state index contributed by atoms with van der Waals surface area (Å²) in [6.45, 7) is 1.82. The van der Waals surface area contributed by atoms with E-state index in [2.05, 4.69) is 0 Å². The van der Waals surface area contributed by atoms with E-state index in [0.29, 0.717) is 5.75 Å². The lowest BCUT2D eigenvalue weighted by atomic mass is 10.0. The van der Waals surface area contributed by atoms with Crippen LogP contribution in [0.5, 0.6) is 5.75 Å². The molecule has 0 amide bonds. The van der Waals surface area contributed by atoms with Crippen LogP contribution in [0.15, 0.2) is 48.5 Å². The first-order valence-corrected chi connectivity index (χ1v) is 5.99. The average molecular weight is 263 g/mol. The standard InChI is InChI=1S/C15H15F2NO/c1-10(19-14-8-6-13(17)7-9-14)15(18)11-2-4-12(16)5-3-11/h2-10,15H,18H2,1H3. The van der Waals surface area contributed by atoms with E-state index in [1.165, 1.54) is 24.3 Å². The highest BCUT2D eigenvalue weighted by Crippen LogP contribution is 2.20. The predicted molar refractivity (Wildman–Crippen MR) is 69.8 cm³/mol. The molecule has 0 fully saturated rings. The number of hydrogen-bond donors (Lipinski definition) is 1. The summed E-state index contributed by atoms with van der Waals surface area (Å²) in [6.07, 6.45) is -0.309. The molecular weight excluding hydrogens is 248 g/mol. The van der Waals surface area contributed by atoms with Crippen LogP contribution in [0.1, 0.15) is 18.5 Å². The average Bonchev–Trinajstić information content (AvgIpc) is 2.41. The molecule has 0 radical (unpaired) electrons. The van der Waals surface area contributed by atoms with Crippen molar-refractivity contribution in [2.75, 3.05) is 0 Å². The zero-order chi connectivity index (χ0) is 13.8. The van der Waals surface area contributed by atoms with E-state index in [1.54, 1.807) is 24.3 Å². The minimum atomic E-state index is -0.384. The molecule has 0 aliphatic rings. The lowest BCUT2D eigenvalue weighted by Gasteiger charge is -2.21. The highest BCUT2D eigenvalue weighted by atomic mass is 19.1. The van der Waals surface area contributed by atoms with Crippen molar-refractivity contribution >= 4 is 0 Å². The molecule has 19 heavy (non-hydrogen) atoms. The Morgan fingerprint density at radius 1 is 0.895 bits per heavy atom. The third kappa shape index (κ3) is 3.51. The van der Waals surface area contributed by atoms with E-state index in [1.807, 2.05) is 6.92 Å². The van der Waals surface area contributed by atoms with Gasteiger partial charge in [0.15, 0.2) is 0 Å². The molecule has 0 heterocycles. The molecule has 2 N–H and O–H groups in total. The monoisotopic (exact) mass is 263 g/mol. The second-order valence-corrected chi connectivity index (χ2v) is 4.35. The molecule has 2 aromatic rings. The van der Waals surface area contributed by atoms with Gasteiger partial charge in [-0.3, -0.25) is 0 Å². The van der Waals surface area contributed by atoms with Gasteiger partial charge in [-0.1, -0.05) is 12.1 Å². The summed E-state index contributed by atoms with van der Waals surface area (Å²) in [5.74, 6) is -0.0719. The molecule has 100 valence electrons. The highest BCUT2D eigenvalue weighted by molar-refractivity contribution is 5.24. The van der Waals surface area contributed by atoms with Crippen LogP contribution in [0.3, 0.4) is 0 Å². The molecule has 0 bridgehead atoms. The van der Waals surface area contributed by atoms with E-state index >= 15 is 0 Å². The zero-order valence-corrected chi connectivity index (χ0v) is 10.5. The lowest BCUT2D eigenvalue weighted by Crippen LogP contribution is -2.28. The first-order valence-electron chi connectivity index (χ1n) is 5.99. The summed E-state index contributed by atoms with van der Waals surface area (Å²) in [5, 5.41) is 0. The smallest absolute Gasteiger partial charge is 0.123 e. The van der Waals surface area contributed by atoms with Crippen molar-refractivity contribution in [1.29, 1.82) is 0 Å². The first-order chi connectivity index (χ1) is 9.06. The van der Waals surface area contributed by atoms with Crippen LogP contribution in [0.25, 0.3) is 0 Å². The van der Waals surface area contributed by atoms with Crippen molar-refractivity contribution in [3.05, 3.63) is 65.7 Å². The molecule has 0 aromatic heterocycles. The second-order valence-electron chi connectivity index (χ2n) is 4.35. The lowest BCUT2D eigenvalue weighted by molar-refractivity contribution is 0.190. The van der Waals surface area contributed by atoms with E-state index in [9.17, 15) is 8.78 Å². The van der Waals surface area contributed by atoms with Gasteiger partial charge >= 0.3 is 0 Å². The number of rotatable bonds is 4. The van der Waals surface area contributed by atoms with Gasteiger partial charge in [0.1, 0.15) is 23.5 Å². The minimum Gasteiger partial charge on any atom is -0.489 e. The number of benzene rings is 2. The first kappa shape index (κ1) is 13.5. The number of halogens is 2.